The van der Waals surface area contributed by atoms with Crippen molar-refractivity contribution in [3.8, 4) is 16.9 Å². The lowest BCUT2D eigenvalue weighted by molar-refractivity contribution is 0.0218. The van der Waals surface area contributed by atoms with Gasteiger partial charge in [0.05, 0.1) is 27.4 Å². The van der Waals surface area contributed by atoms with Crippen LogP contribution in [0.4, 0.5) is 15.0 Å². The molecule has 1 N–H and O–H groups in total. The van der Waals surface area contributed by atoms with E-state index in [-0.39, 0.29) is 39.5 Å². The maximum Gasteiger partial charge on any atom is 0.410 e. The number of anilines is 1. The van der Waals surface area contributed by atoms with Crippen molar-refractivity contribution >= 4 is 40.5 Å². The van der Waals surface area contributed by atoms with Gasteiger partial charge < -0.3 is 19.6 Å². The molecule has 12 heteroatoms. The van der Waals surface area contributed by atoms with Crippen molar-refractivity contribution in [2.75, 3.05) is 24.5 Å². The third kappa shape index (κ3) is 6.28. The fraction of sp³-hybridized carbons (Fsp3) is 0.382. The summed E-state index contributed by atoms with van der Waals surface area (Å²) >= 11 is 6.79. The number of aryl methyl sites for hydroxylation is 1. The molecular formula is C34H37ClFN5O5. The molecule has 242 valence electrons. The molecule has 0 saturated carbocycles. The molecule has 1 atom stereocenters. The molecule has 2 aromatic heterocycles. The summed E-state index contributed by atoms with van der Waals surface area (Å²) in [5, 5.41) is 10.4. The summed E-state index contributed by atoms with van der Waals surface area (Å²) in [4.78, 5) is 51.8. The lowest BCUT2D eigenvalue weighted by Crippen LogP contribution is -2.55. The highest BCUT2D eigenvalue weighted by Crippen LogP contribution is 2.37. The van der Waals surface area contributed by atoms with Crippen LogP contribution < -0.4 is 10.6 Å². The van der Waals surface area contributed by atoms with E-state index < -0.39 is 29.2 Å². The second-order valence-corrected chi connectivity index (χ2v) is 13.3. The van der Waals surface area contributed by atoms with Gasteiger partial charge in [-0.05, 0) is 82.0 Å². The molecule has 2 aromatic carbocycles. The number of amides is 1. The van der Waals surface area contributed by atoms with E-state index in [4.69, 9.17) is 21.3 Å². The Kier molecular flexibility index (Phi) is 8.83. The number of carbonyl (C=O) groups excluding carboxylic acids is 1. The third-order valence-corrected chi connectivity index (χ3v) is 8.19. The van der Waals surface area contributed by atoms with Crippen LogP contribution in [0.5, 0.6) is 0 Å². The number of ether oxygens (including phenoxy) is 1. The number of carbonyl (C=O) groups is 2. The molecule has 0 bridgehead atoms. The van der Waals surface area contributed by atoms with E-state index in [1.54, 1.807) is 42.2 Å². The van der Waals surface area contributed by atoms with Crippen LogP contribution in [0.1, 0.15) is 68.9 Å². The van der Waals surface area contributed by atoms with Gasteiger partial charge in [-0.2, -0.15) is 4.98 Å². The van der Waals surface area contributed by atoms with Crippen molar-refractivity contribution in [2.24, 2.45) is 0 Å². The Morgan fingerprint density at radius 2 is 1.80 bits per heavy atom. The van der Waals surface area contributed by atoms with E-state index in [0.29, 0.717) is 47.7 Å². The second-order valence-electron chi connectivity index (χ2n) is 12.9. The topological polar surface area (TPSA) is 118 Å². The molecule has 0 spiro atoms. The average molecular weight is 650 g/mol. The Hall–Kier alpha value is -4.51. The lowest BCUT2D eigenvalue weighted by atomic mass is 9.95. The van der Waals surface area contributed by atoms with Crippen molar-refractivity contribution in [1.29, 1.82) is 0 Å². The van der Waals surface area contributed by atoms with Crippen LogP contribution in [-0.4, -0.2) is 67.9 Å². The van der Waals surface area contributed by atoms with Crippen LogP contribution in [0.15, 0.2) is 47.3 Å². The predicted molar refractivity (Wildman–Crippen MR) is 176 cm³/mol. The lowest BCUT2D eigenvalue weighted by Gasteiger charge is -2.41. The molecule has 1 saturated heterocycles. The number of hydrogen-bond acceptors (Lipinski definition) is 7. The summed E-state index contributed by atoms with van der Waals surface area (Å²) in [6.45, 7) is 13.9. The maximum absolute atomic E-state index is 15.1. The largest absolute Gasteiger partial charge is 0.478 e. The van der Waals surface area contributed by atoms with Crippen LogP contribution in [-0.2, 0) is 4.74 Å². The summed E-state index contributed by atoms with van der Waals surface area (Å²) in [7, 11) is 0. The van der Waals surface area contributed by atoms with Gasteiger partial charge in [-0.1, -0.05) is 37.6 Å². The van der Waals surface area contributed by atoms with E-state index in [0.717, 1.165) is 0 Å². The van der Waals surface area contributed by atoms with Gasteiger partial charge in [0, 0.05) is 31.2 Å². The van der Waals surface area contributed by atoms with Crippen LogP contribution in [0.25, 0.3) is 28.0 Å². The number of pyridine rings is 1. The first-order valence-corrected chi connectivity index (χ1v) is 15.5. The summed E-state index contributed by atoms with van der Waals surface area (Å²) < 4.78 is 22.0. The van der Waals surface area contributed by atoms with E-state index in [2.05, 4.69) is 4.98 Å². The summed E-state index contributed by atoms with van der Waals surface area (Å²) in [6.07, 6.45) is -0.423. The Balaban J connectivity index is 1.75. The minimum Gasteiger partial charge on any atom is -0.478 e. The highest BCUT2D eigenvalue weighted by atomic mass is 35.5. The highest BCUT2D eigenvalue weighted by molar-refractivity contribution is 6.33. The summed E-state index contributed by atoms with van der Waals surface area (Å²) in [5.41, 5.74) is 0.883. The van der Waals surface area contributed by atoms with E-state index in [1.807, 2.05) is 46.4 Å². The first-order chi connectivity index (χ1) is 21.6. The van der Waals surface area contributed by atoms with Crippen LogP contribution in [0.2, 0.25) is 5.02 Å². The normalized spacial score (nSPS) is 15.5. The molecule has 1 amide bonds. The standard InChI is InChI=1S/C34H37ClFN5O5/c1-18(2)23-15-21(31(42)43)14-19(3)28(23)41-30-24(16-25(35)27(37-30)22-10-8-9-11-26(22)36)29(38-32(41)44)40-13-12-39(17-20(40)4)33(45)46-34(5,6)7/h8-11,14-16,18,20H,12-13,17H2,1-7H3,(H,42,43). The first kappa shape index (κ1) is 32.9. The minimum absolute atomic E-state index is 0.0895. The molecule has 1 unspecified atom stereocenters. The number of benzene rings is 2. The van der Waals surface area contributed by atoms with Crippen LogP contribution in [0.3, 0.4) is 0 Å². The van der Waals surface area contributed by atoms with Gasteiger partial charge in [-0.3, -0.25) is 0 Å². The zero-order valence-corrected chi connectivity index (χ0v) is 27.6. The molecule has 46 heavy (non-hydrogen) atoms. The fourth-order valence-electron chi connectivity index (χ4n) is 5.81. The number of fused-ring (bicyclic) bond motifs is 1. The Bertz CT molecular complexity index is 1920. The van der Waals surface area contributed by atoms with Gasteiger partial charge >= 0.3 is 17.8 Å². The van der Waals surface area contributed by atoms with Crippen molar-refractivity contribution in [3.63, 3.8) is 0 Å². The monoisotopic (exact) mass is 649 g/mol. The van der Waals surface area contributed by atoms with Gasteiger partial charge in [0.15, 0.2) is 5.65 Å². The van der Waals surface area contributed by atoms with Crippen LogP contribution >= 0.6 is 11.6 Å². The fourth-order valence-corrected chi connectivity index (χ4v) is 6.06. The molecule has 0 aliphatic carbocycles. The zero-order chi connectivity index (χ0) is 33.7. The number of halogens is 2. The number of carboxylic acid groups (broad SMARTS) is 1. The number of rotatable bonds is 5. The molecule has 5 rings (SSSR count). The van der Waals surface area contributed by atoms with Gasteiger partial charge in [0.2, 0.25) is 0 Å². The maximum atomic E-state index is 15.1. The van der Waals surface area contributed by atoms with Crippen molar-refractivity contribution in [1.82, 2.24) is 19.4 Å². The molecule has 1 aliphatic rings. The number of aromatic carboxylic acids is 1. The zero-order valence-electron chi connectivity index (χ0n) is 26.9. The number of piperazine rings is 1. The number of carboxylic acids is 1. The first-order valence-electron chi connectivity index (χ1n) is 15.1. The number of nitrogens with zero attached hydrogens (tertiary/aromatic N) is 5. The van der Waals surface area contributed by atoms with Crippen molar-refractivity contribution in [3.05, 3.63) is 80.5 Å². The van der Waals surface area contributed by atoms with Gasteiger partial charge in [-0.25, -0.2) is 28.3 Å². The van der Waals surface area contributed by atoms with Crippen LogP contribution in [0, 0.1) is 12.7 Å². The average Bonchev–Trinajstić information content (AvgIpc) is 2.96. The van der Waals surface area contributed by atoms with E-state index in [1.165, 1.54) is 16.7 Å². The molecule has 4 aromatic rings. The number of hydrogen-bond donors (Lipinski definition) is 1. The molecular weight excluding hydrogens is 613 g/mol. The van der Waals surface area contributed by atoms with Gasteiger partial charge in [0.25, 0.3) is 0 Å². The third-order valence-electron chi connectivity index (χ3n) is 7.90. The smallest absolute Gasteiger partial charge is 0.410 e. The van der Waals surface area contributed by atoms with E-state index in [9.17, 15) is 19.5 Å². The van der Waals surface area contributed by atoms with Crippen molar-refractivity contribution < 1.29 is 23.8 Å². The second kappa shape index (κ2) is 12.4. The molecule has 0 radical (unpaired) electrons. The molecule has 1 fully saturated rings. The molecule has 1 aliphatic heterocycles. The van der Waals surface area contributed by atoms with Gasteiger partial charge in [0.1, 0.15) is 17.2 Å². The summed E-state index contributed by atoms with van der Waals surface area (Å²) in [5.74, 6) is -1.47. The Morgan fingerprint density at radius 3 is 2.41 bits per heavy atom. The highest BCUT2D eigenvalue weighted by Gasteiger charge is 2.33. The van der Waals surface area contributed by atoms with E-state index >= 15 is 4.39 Å². The minimum atomic E-state index is -1.09. The Labute approximate surface area is 271 Å². The van der Waals surface area contributed by atoms with Crippen molar-refractivity contribution in [2.45, 2.75) is 66.0 Å². The quantitative estimate of drug-likeness (QED) is 0.250. The summed E-state index contributed by atoms with van der Waals surface area (Å²) in [6, 6.07) is 10.5. The predicted octanol–water partition coefficient (Wildman–Crippen LogP) is 6.82. The van der Waals surface area contributed by atoms with Gasteiger partial charge in [-0.15, -0.1) is 0 Å². The molecule has 3 heterocycles. The Morgan fingerprint density at radius 1 is 1.11 bits per heavy atom. The number of aromatic nitrogens is 3. The molecule has 10 nitrogen and oxygen atoms in total. The SMILES string of the molecule is Cc1cc(C(=O)O)cc(C(C)C)c1-n1c(=O)nc(N2CCN(C(=O)OC(C)(C)C)CC2C)c2cc(Cl)c(-c3ccccc3F)nc21.